The van der Waals surface area contributed by atoms with Crippen molar-refractivity contribution in [2.24, 2.45) is 5.73 Å². The van der Waals surface area contributed by atoms with E-state index in [2.05, 4.69) is 0 Å². The molecule has 0 aromatic heterocycles. The highest BCUT2D eigenvalue weighted by Gasteiger charge is 2.29. The molecule has 6 heteroatoms. The Bertz CT molecular complexity index is 474. The van der Waals surface area contributed by atoms with E-state index in [0.717, 1.165) is 6.42 Å². The number of carbonyl (C=O) groups is 1. The van der Waals surface area contributed by atoms with Gasteiger partial charge in [-0.05, 0) is 12.1 Å². The maximum absolute atomic E-state index is 11.3. The highest BCUT2D eigenvalue weighted by Crippen LogP contribution is 2.43. The molecule has 0 bridgehead atoms. The van der Waals surface area contributed by atoms with Gasteiger partial charge in [-0.15, -0.1) is 0 Å². The Morgan fingerprint density at radius 2 is 2.21 bits per heavy atom. The smallest absolute Gasteiger partial charge is 0.312 e. The summed E-state index contributed by atoms with van der Waals surface area (Å²) in [6, 6.07) is 3.40. The van der Waals surface area contributed by atoms with Gasteiger partial charge in [0.25, 0.3) is 0 Å². The molecule has 0 saturated heterocycles. The number of carboxylic acid groups (broad SMARTS) is 1. The quantitative estimate of drug-likeness (QED) is 0.845. The van der Waals surface area contributed by atoms with Gasteiger partial charge in [0.1, 0.15) is 11.7 Å². The summed E-state index contributed by atoms with van der Waals surface area (Å²) >= 11 is 0. The summed E-state index contributed by atoms with van der Waals surface area (Å²) in [6.45, 7) is 0.981. The van der Waals surface area contributed by atoms with Crippen LogP contribution in [0.5, 0.6) is 17.2 Å². The van der Waals surface area contributed by atoms with Crippen molar-refractivity contribution in [1.82, 2.24) is 0 Å². The van der Waals surface area contributed by atoms with E-state index in [4.69, 9.17) is 19.9 Å². The molecule has 0 radical (unpaired) electrons. The van der Waals surface area contributed by atoms with Gasteiger partial charge in [-0.1, -0.05) is 0 Å². The van der Waals surface area contributed by atoms with E-state index in [1.807, 2.05) is 0 Å². The number of methoxy groups -OCH3 is 1. The van der Waals surface area contributed by atoms with Crippen LogP contribution in [0.3, 0.4) is 0 Å². The van der Waals surface area contributed by atoms with Crippen molar-refractivity contribution in [3.63, 3.8) is 0 Å². The van der Waals surface area contributed by atoms with Crippen LogP contribution in [-0.4, -0.2) is 37.9 Å². The average molecular weight is 267 g/mol. The second kappa shape index (κ2) is 5.79. The summed E-state index contributed by atoms with van der Waals surface area (Å²) < 4.78 is 16.4. The van der Waals surface area contributed by atoms with Gasteiger partial charge in [-0.25, -0.2) is 0 Å². The van der Waals surface area contributed by atoms with Gasteiger partial charge < -0.3 is 25.1 Å². The van der Waals surface area contributed by atoms with Gasteiger partial charge in [-0.2, -0.15) is 0 Å². The zero-order valence-electron chi connectivity index (χ0n) is 10.7. The molecule has 0 spiro atoms. The molecule has 104 valence electrons. The Kier molecular flexibility index (Phi) is 4.11. The molecule has 0 fully saturated rings. The molecule has 1 aromatic carbocycles. The Morgan fingerprint density at radius 3 is 2.84 bits per heavy atom. The molecule has 1 unspecified atom stereocenters. The van der Waals surface area contributed by atoms with Gasteiger partial charge in [0.2, 0.25) is 0 Å². The van der Waals surface area contributed by atoms with Crippen LogP contribution in [0.2, 0.25) is 0 Å². The molecule has 0 amide bonds. The highest BCUT2D eigenvalue weighted by molar-refractivity contribution is 5.80. The fourth-order valence-electron chi connectivity index (χ4n) is 2.09. The van der Waals surface area contributed by atoms with E-state index < -0.39 is 11.9 Å². The van der Waals surface area contributed by atoms with E-state index in [-0.39, 0.29) is 6.54 Å². The van der Waals surface area contributed by atoms with Crippen molar-refractivity contribution < 1.29 is 24.1 Å². The maximum atomic E-state index is 11.3. The Balaban J connectivity index is 2.57. The third-order valence-corrected chi connectivity index (χ3v) is 3.01. The lowest BCUT2D eigenvalue weighted by atomic mass is 9.96. The number of hydrogen-bond acceptors (Lipinski definition) is 5. The first kappa shape index (κ1) is 13.5. The molecule has 1 aliphatic rings. The monoisotopic (exact) mass is 267 g/mol. The van der Waals surface area contributed by atoms with Crippen molar-refractivity contribution >= 4 is 5.97 Å². The van der Waals surface area contributed by atoms with Crippen molar-refractivity contribution in [3.05, 3.63) is 17.7 Å². The highest BCUT2D eigenvalue weighted by atomic mass is 16.5. The summed E-state index contributed by atoms with van der Waals surface area (Å²) in [6.07, 6.45) is 0.747. The van der Waals surface area contributed by atoms with E-state index >= 15 is 0 Å². The lowest BCUT2D eigenvalue weighted by Gasteiger charge is -2.19. The number of fused-ring (bicyclic) bond motifs is 1. The minimum atomic E-state index is -1.01. The lowest BCUT2D eigenvalue weighted by Crippen LogP contribution is -2.22. The molecule has 0 saturated carbocycles. The number of hydrogen-bond donors (Lipinski definition) is 2. The van der Waals surface area contributed by atoms with Crippen LogP contribution >= 0.6 is 0 Å². The van der Waals surface area contributed by atoms with Crippen molar-refractivity contribution in [2.45, 2.75) is 12.3 Å². The molecule has 1 heterocycles. The molecule has 1 atom stereocenters. The summed E-state index contributed by atoms with van der Waals surface area (Å²) in [4.78, 5) is 11.3. The number of benzene rings is 1. The first-order valence-corrected chi connectivity index (χ1v) is 6.08. The summed E-state index contributed by atoms with van der Waals surface area (Å²) in [7, 11) is 1.48. The summed E-state index contributed by atoms with van der Waals surface area (Å²) in [5.74, 6) is -0.488. The minimum absolute atomic E-state index is 0.0362. The van der Waals surface area contributed by atoms with E-state index in [1.54, 1.807) is 12.1 Å². The van der Waals surface area contributed by atoms with Gasteiger partial charge in [0.15, 0.2) is 11.5 Å². The molecule has 3 N–H and O–H groups in total. The van der Waals surface area contributed by atoms with E-state index in [9.17, 15) is 9.90 Å². The number of ether oxygens (including phenoxy) is 3. The SMILES string of the molecule is COc1ccc2c(c1C(CN)C(=O)O)OCCCO2. The number of rotatable bonds is 4. The zero-order chi connectivity index (χ0) is 13.8. The van der Waals surface area contributed by atoms with E-state index in [1.165, 1.54) is 7.11 Å². The van der Waals surface area contributed by atoms with Crippen LogP contribution in [0.1, 0.15) is 17.9 Å². The normalized spacial score (nSPS) is 15.5. The number of carboxylic acids is 1. The predicted molar refractivity (Wildman–Crippen MR) is 68.0 cm³/mol. The van der Waals surface area contributed by atoms with Gasteiger partial charge in [0, 0.05) is 13.0 Å². The Morgan fingerprint density at radius 1 is 1.47 bits per heavy atom. The van der Waals surface area contributed by atoms with Crippen LogP contribution in [0, 0.1) is 0 Å². The molecule has 1 aromatic rings. The Labute approximate surface area is 111 Å². The second-order valence-corrected chi connectivity index (χ2v) is 4.19. The first-order valence-electron chi connectivity index (χ1n) is 6.08. The van der Waals surface area contributed by atoms with Gasteiger partial charge in [-0.3, -0.25) is 4.79 Å². The van der Waals surface area contributed by atoms with Crippen LogP contribution in [0.15, 0.2) is 12.1 Å². The summed E-state index contributed by atoms with van der Waals surface area (Å²) in [5.41, 5.74) is 6.01. The lowest BCUT2D eigenvalue weighted by molar-refractivity contribution is -0.138. The molecule has 19 heavy (non-hydrogen) atoms. The third-order valence-electron chi connectivity index (χ3n) is 3.01. The molecular weight excluding hydrogens is 250 g/mol. The standard InChI is InChI=1S/C13H17NO5/c1-17-9-3-4-10-12(19-6-2-5-18-10)11(9)8(7-14)13(15)16/h3-4,8H,2,5-7,14H2,1H3,(H,15,16). The van der Waals surface area contributed by atoms with Crippen molar-refractivity contribution in [2.75, 3.05) is 26.9 Å². The van der Waals surface area contributed by atoms with Gasteiger partial charge >= 0.3 is 5.97 Å². The molecule has 6 nitrogen and oxygen atoms in total. The molecule has 0 aliphatic carbocycles. The number of aliphatic carboxylic acids is 1. The Hall–Kier alpha value is -1.95. The second-order valence-electron chi connectivity index (χ2n) is 4.19. The fourth-order valence-corrected chi connectivity index (χ4v) is 2.09. The topological polar surface area (TPSA) is 91.0 Å². The van der Waals surface area contributed by atoms with Crippen LogP contribution < -0.4 is 19.9 Å². The van der Waals surface area contributed by atoms with E-state index in [0.29, 0.717) is 36.0 Å². The van der Waals surface area contributed by atoms with Crippen LogP contribution in [-0.2, 0) is 4.79 Å². The molecular formula is C13H17NO5. The van der Waals surface area contributed by atoms with Crippen molar-refractivity contribution in [1.29, 1.82) is 0 Å². The average Bonchev–Trinajstić information content (AvgIpc) is 2.64. The largest absolute Gasteiger partial charge is 0.496 e. The number of nitrogens with two attached hydrogens (primary N) is 1. The molecule has 2 rings (SSSR count). The minimum Gasteiger partial charge on any atom is -0.496 e. The third kappa shape index (κ3) is 2.58. The van der Waals surface area contributed by atoms with Gasteiger partial charge in [0.05, 0.1) is 25.9 Å². The fraction of sp³-hybridized carbons (Fsp3) is 0.462. The summed E-state index contributed by atoms with van der Waals surface area (Å²) in [5, 5.41) is 9.29. The van der Waals surface area contributed by atoms with Crippen LogP contribution in [0.4, 0.5) is 0 Å². The van der Waals surface area contributed by atoms with Crippen molar-refractivity contribution in [3.8, 4) is 17.2 Å². The predicted octanol–water partition coefficient (Wildman–Crippen LogP) is 0.983. The van der Waals surface area contributed by atoms with Crippen LogP contribution in [0.25, 0.3) is 0 Å². The first-order chi connectivity index (χ1) is 9.19. The maximum Gasteiger partial charge on any atom is 0.312 e. The molecule has 1 aliphatic heterocycles. The zero-order valence-corrected chi connectivity index (χ0v) is 10.7.